The van der Waals surface area contributed by atoms with E-state index < -0.39 is 0 Å². The zero-order valence-corrected chi connectivity index (χ0v) is 8.90. The predicted octanol–water partition coefficient (Wildman–Crippen LogP) is 2.29. The van der Waals surface area contributed by atoms with Gasteiger partial charge in [0.2, 0.25) is 0 Å². The van der Waals surface area contributed by atoms with Gasteiger partial charge in [-0.1, -0.05) is 0 Å². The van der Waals surface area contributed by atoms with Gasteiger partial charge >= 0.3 is 0 Å². The molecule has 0 aliphatic carbocycles. The van der Waals surface area contributed by atoms with Gasteiger partial charge < -0.3 is 0 Å². The van der Waals surface area contributed by atoms with Crippen molar-refractivity contribution in [3.63, 3.8) is 0 Å². The average molecular weight is 241 g/mol. The molecule has 0 unspecified atom stereocenters. The van der Waals surface area contributed by atoms with Gasteiger partial charge in [0.1, 0.15) is 11.8 Å². The van der Waals surface area contributed by atoms with E-state index in [0.29, 0.717) is 0 Å². The van der Waals surface area contributed by atoms with Crippen LogP contribution in [0.4, 0.5) is 0 Å². The molecule has 2 aromatic heterocycles. The van der Waals surface area contributed by atoms with Gasteiger partial charge in [-0.3, -0.25) is 4.98 Å². The fourth-order valence-corrected chi connectivity index (χ4v) is 0.817. The number of hydrogen-bond acceptors (Lipinski definition) is 3. The van der Waals surface area contributed by atoms with E-state index in [2.05, 4.69) is 15.0 Å². The van der Waals surface area contributed by atoms with Crippen LogP contribution in [0.25, 0.3) is 11.0 Å². The third kappa shape index (κ3) is 3.30. The quantitative estimate of drug-likeness (QED) is 0.709. The summed E-state index contributed by atoms with van der Waals surface area (Å²) in [4.78, 5) is 11.9. The van der Waals surface area contributed by atoms with Gasteiger partial charge in [0.15, 0.2) is 0 Å². The van der Waals surface area contributed by atoms with E-state index in [9.17, 15) is 0 Å². The maximum absolute atomic E-state index is 4.06. The van der Waals surface area contributed by atoms with Crippen LogP contribution in [-0.4, -0.2) is 15.0 Å². The van der Waals surface area contributed by atoms with Gasteiger partial charge in [-0.2, -0.15) is 0 Å². The maximum atomic E-state index is 4.06. The summed E-state index contributed by atoms with van der Waals surface area (Å²) in [6, 6.07) is 3.76. The summed E-state index contributed by atoms with van der Waals surface area (Å²) >= 11 is 0. The van der Waals surface area contributed by atoms with Gasteiger partial charge in [-0.05, 0) is 12.1 Å². The second-order valence-corrected chi connectivity index (χ2v) is 1.93. The largest absolute Gasteiger partial charge is 0.253 e. The zero-order chi connectivity index (χ0) is 6.81. The number of pyridine rings is 1. The van der Waals surface area contributed by atoms with Crippen LogP contribution in [0.5, 0.6) is 0 Å². The molecule has 0 aromatic carbocycles. The number of rotatable bonds is 0. The SMILES string of the molecule is Cl.Cl.Cl.c1cnc2cncnc2c1. The Balaban J connectivity index is 0. The molecule has 0 aliphatic heterocycles. The van der Waals surface area contributed by atoms with E-state index in [-0.39, 0.29) is 37.2 Å². The van der Waals surface area contributed by atoms with Gasteiger partial charge in [0, 0.05) is 6.20 Å². The van der Waals surface area contributed by atoms with Crippen LogP contribution in [0, 0.1) is 0 Å². The van der Waals surface area contributed by atoms with Crippen LogP contribution in [0.2, 0.25) is 0 Å². The van der Waals surface area contributed by atoms with E-state index in [1.807, 2.05) is 12.1 Å². The molecule has 13 heavy (non-hydrogen) atoms. The smallest absolute Gasteiger partial charge is 0.116 e. The van der Waals surface area contributed by atoms with E-state index in [0.717, 1.165) is 11.0 Å². The highest BCUT2D eigenvalue weighted by molar-refractivity contribution is 5.86. The third-order valence-corrected chi connectivity index (χ3v) is 1.28. The summed E-state index contributed by atoms with van der Waals surface area (Å²) in [5.41, 5.74) is 1.72. The Kier molecular flexibility index (Phi) is 7.81. The van der Waals surface area contributed by atoms with Crippen LogP contribution in [0.15, 0.2) is 30.9 Å². The van der Waals surface area contributed by atoms with Crippen molar-refractivity contribution in [3.8, 4) is 0 Å². The maximum Gasteiger partial charge on any atom is 0.116 e. The molecule has 0 saturated heterocycles. The first kappa shape index (κ1) is 14.9. The van der Waals surface area contributed by atoms with E-state index >= 15 is 0 Å². The molecule has 72 valence electrons. The van der Waals surface area contributed by atoms with E-state index in [1.54, 1.807) is 12.4 Å². The Morgan fingerprint density at radius 2 is 1.69 bits per heavy atom. The fraction of sp³-hybridized carbons (Fsp3) is 0. The Morgan fingerprint density at radius 1 is 0.923 bits per heavy atom. The van der Waals surface area contributed by atoms with Crippen molar-refractivity contribution in [2.75, 3.05) is 0 Å². The molecule has 0 aliphatic rings. The Bertz CT molecular complexity index is 290. The molecular formula is C7H8Cl3N3. The summed E-state index contributed by atoms with van der Waals surface area (Å²) < 4.78 is 0. The van der Waals surface area contributed by atoms with Crippen molar-refractivity contribution in [3.05, 3.63) is 30.9 Å². The summed E-state index contributed by atoms with van der Waals surface area (Å²) in [6.07, 6.45) is 4.94. The molecule has 0 N–H and O–H groups in total. The van der Waals surface area contributed by atoms with Gasteiger partial charge in [-0.25, -0.2) is 9.97 Å². The van der Waals surface area contributed by atoms with Crippen molar-refractivity contribution < 1.29 is 0 Å². The van der Waals surface area contributed by atoms with Crippen molar-refractivity contribution in [2.45, 2.75) is 0 Å². The first-order chi connectivity index (χ1) is 4.97. The Hall–Kier alpha value is -0.640. The number of nitrogens with zero attached hydrogens (tertiary/aromatic N) is 3. The number of hydrogen-bond donors (Lipinski definition) is 0. The van der Waals surface area contributed by atoms with Crippen molar-refractivity contribution in [2.24, 2.45) is 0 Å². The van der Waals surface area contributed by atoms with E-state index in [4.69, 9.17) is 0 Å². The minimum atomic E-state index is 0. The van der Waals surface area contributed by atoms with E-state index in [1.165, 1.54) is 6.33 Å². The topological polar surface area (TPSA) is 38.7 Å². The highest BCUT2D eigenvalue weighted by Gasteiger charge is 1.89. The van der Waals surface area contributed by atoms with Crippen LogP contribution >= 0.6 is 37.2 Å². The lowest BCUT2D eigenvalue weighted by Crippen LogP contribution is -1.81. The van der Waals surface area contributed by atoms with Crippen LogP contribution in [-0.2, 0) is 0 Å². The molecular weight excluding hydrogens is 232 g/mol. The van der Waals surface area contributed by atoms with Crippen molar-refractivity contribution >= 4 is 48.3 Å². The molecule has 6 heteroatoms. The lowest BCUT2D eigenvalue weighted by atomic mass is 10.4. The average Bonchev–Trinajstić information content (AvgIpc) is 2.05. The highest BCUT2D eigenvalue weighted by Crippen LogP contribution is 2.02. The first-order valence-electron chi connectivity index (χ1n) is 2.97. The lowest BCUT2D eigenvalue weighted by molar-refractivity contribution is 1.20. The molecule has 0 atom stereocenters. The zero-order valence-electron chi connectivity index (χ0n) is 6.45. The Morgan fingerprint density at radius 3 is 2.38 bits per heavy atom. The summed E-state index contributed by atoms with van der Waals surface area (Å²) in [6.45, 7) is 0. The van der Waals surface area contributed by atoms with Crippen molar-refractivity contribution in [1.82, 2.24) is 15.0 Å². The summed E-state index contributed by atoms with van der Waals surface area (Å²) in [7, 11) is 0. The van der Waals surface area contributed by atoms with Crippen molar-refractivity contribution in [1.29, 1.82) is 0 Å². The molecule has 0 saturated carbocycles. The number of halogens is 3. The minimum absolute atomic E-state index is 0. The van der Waals surface area contributed by atoms with Gasteiger partial charge in [0.25, 0.3) is 0 Å². The molecule has 0 spiro atoms. The second-order valence-electron chi connectivity index (χ2n) is 1.93. The molecule has 0 bridgehead atoms. The lowest BCUT2D eigenvalue weighted by Gasteiger charge is -1.89. The molecule has 2 aromatic rings. The summed E-state index contributed by atoms with van der Waals surface area (Å²) in [5, 5.41) is 0. The number of fused-ring (bicyclic) bond motifs is 1. The normalized spacial score (nSPS) is 7.69. The highest BCUT2D eigenvalue weighted by atomic mass is 35.5. The minimum Gasteiger partial charge on any atom is -0.253 e. The number of aromatic nitrogens is 3. The predicted molar refractivity (Wildman–Crippen MR) is 59.1 cm³/mol. The molecule has 0 fully saturated rings. The molecule has 0 amide bonds. The molecule has 0 radical (unpaired) electrons. The summed E-state index contributed by atoms with van der Waals surface area (Å²) in [5.74, 6) is 0. The van der Waals surface area contributed by atoms with Crippen LogP contribution < -0.4 is 0 Å². The third-order valence-electron chi connectivity index (χ3n) is 1.28. The Labute approximate surface area is 94.2 Å². The second kappa shape index (κ2) is 6.83. The van der Waals surface area contributed by atoms with Crippen LogP contribution in [0.1, 0.15) is 0 Å². The molecule has 3 nitrogen and oxygen atoms in total. The monoisotopic (exact) mass is 239 g/mol. The van der Waals surface area contributed by atoms with Crippen LogP contribution in [0.3, 0.4) is 0 Å². The standard InChI is InChI=1S/C7H5N3.3ClH/c1-2-6-7(9-3-1)4-8-5-10-6;;;/h1-5H;3*1H. The fourth-order valence-electron chi connectivity index (χ4n) is 0.817. The van der Waals surface area contributed by atoms with Gasteiger partial charge in [-0.15, -0.1) is 37.2 Å². The molecule has 2 rings (SSSR count). The molecule has 2 heterocycles. The van der Waals surface area contributed by atoms with Gasteiger partial charge in [0.05, 0.1) is 11.7 Å². The first-order valence-corrected chi connectivity index (χ1v) is 2.97.